The Morgan fingerprint density at radius 1 is 1.53 bits per heavy atom. The number of esters is 1. The molecule has 0 atom stereocenters. The van der Waals surface area contributed by atoms with Crippen LogP contribution < -0.4 is 11.1 Å². The molecule has 6 nitrogen and oxygen atoms in total. The van der Waals surface area contributed by atoms with Crippen molar-refractivity contribution in [2.45, 2.75) is 25.7 Å². The van der Waals surface area contributed by atoms with Gasteiger partial charge in [-0.2, -0.15) is 0 Å². The van der Waals surface area contributed by atoms with Gasteiger partial charge in [-0.3, -0.25) is 9.59 Å². The maximum atomic E-state index is 11.6. The molecule has 0 aromatic carbocycles. The highest BCUT2D eigenvalue weighted by Crippen LogP contribution is 2.10. The van der Waals surface area contributed by atoms with Gasteiger partial charge in [-0.05, 0) is 13.0 Å². The third-order valence-corrected chi connectivity index (χ3v) is 3.36. The quantitative estimate of drug-likeness (QED) is 0.527. The van der Waals surface area contributed by atoms with Gasteiger partial charge < -0.3 is 15.8 Å². The summed E-state index contributed by atoms with van der Waals surface area (Å²) >= 11 is 1.52. The lowest BCUT2D eigenvalue weighted by atomic mass is 10.3. The fourth-order valence-corrected chi connectivity index (χ4v) is 2.27. The van der Waals surface area contributed by atoms with Crippen molar-refractivity contribution in [1.29, 1.82) is 0 Å². The first-order valence-corrected chi connectivity index (χ1v) is 7.00. The van der Waals surface area contributed by atoms with Crippen LogP contribution in [0.5, 0.6) is 0 Å². The molecular weight excluding hydrogens is 266 g/mol. The van der Waals surface area contributed by atoms with Crippen LogP contribution in [0.25, 0.3) is 0 Å². The van der Waals surface area contributed by atoms with Gasteiger partial charge in [0.1, 0.15) is 0 Å². The standard InChI is InChI=1S/C12H19N3O3S/c1-18-12(17)3-2-6-14-10(16)7-9-8-19-11(15-9)4-5-13/h8H,2-7,13H2,1H3,(H,14,16). The maximum absolute atomic E-state index is 11.6. The van der Waals surface area contributed by atoms with Crippen molar-refractivity contribution < 1.29 is 14.3 Å². The Bertz CT molecular complexity index is 420. The first-order chi connectivity index (χ1) is 9.15. The fraction of sp³-hybridized carbons (Fsp3) is 0.583. The first-order valence-electron chi connectivity index (χ1n) is 6.12. The Labute approximate surface area is 116 Å². The lowest BCUT2D eigenvalue weighted by molar-refractivity contribution is -0.140. The third kappa shape index (κ3) is 6.30. The van der Waals surface area contributed by atoms with Crippen molar-refractivity contribution >= 4 is 23.2 Å². The number of carbonyl (C=O) groups excluding carboxylic acids is 2. The van der Waals surface area contributed by atoms with E-state index in [0.717, 1.165) is 17.1 Å². The number of nitrogens with one attached hydrogen (secondary N) is 1. The number of carbonyl (C=O) groups is 2. The molecule has 0 aliphatic carbocycles. The van der Waals surface area contributed by atoms with E-state index in [1.54, 1.807) is 0 Å². The zero-order valence-electron chi connectivity index (χ0n) is 11.0. The molecule has 1 aromatic rings. The number of nitrogens with two attached hydrogens (primary N) is 1. The monoisotopic (exact) mass is 285 g/mol. The summed E-state index contributed by atoms with van der Waals surface area (Å²) in [6, 6.07) is 0. The molecule has 0 spiro atoms. The van der Waals surface area contributed by atoms with E-state index in [1.165, 1.54) is 18.4 Å². The van der Waals surface area contributed by atoms with Gasteiger partial charge in [0.2, 0.25) is 5.91 Å². The van der Waals surface area contributed by atoms with Crippen LogP contribution >= 0.6 is 11.3 Å². The second kappa shape index (κ2) is 8.60. The van der Waals surface area contributed by atoms with Gasteiger partial charge in [-0.25, -0.2) is 4.98 Å². The molecule has 0 bridgehead atoms. The number of nitrogens with zero attached hydrogens (tertiary/aromatic N) is 1. The molecule has 7 heteroatoms. The summed E-state index contributed by atoms with van der Waals surface area (Å²) in [4.78, 5) is 26.8. The van der Waals surface area contributed by atoms with E-state index in [0.29, 0.717) is 25.9 Å². The summed E-state index contributed by atoms with van der Waals surface area (Å²) in [7, 11) is 1.35. The molecule has 0 aliphatic heterocycles. The van der Waals surface area contributed by atoms with Crippen LogP contribution in [0.4, 0.5) is 0 Å². The number of amides is 1. The Balaban J connectivity index is 2.21. The van der Waals surface area contributed by atoms with E-state index in [9.17, 15) is 9.59 Å². The number of methoxy groups -OCH3 is 1. The van der Waals surface area contributed by atoms with E-state index in [4.69, 9.17) is 5.73 Å². The molecular formula is C12H19N3O3S. The Morgan fingerprint density at radius 3 is 3.00 bits per heavy atom. The fourth-order valence-electron chi connectivity index (χ4n) is 1.46. The van der Waals surface area contributed by atoms with Crippen molar-refractivity contribution in [3.63, 3.8) is 0 Å². The van der Waals surface area contributed by atoms with E-state index in [-0.39, 0.29) is 18.3 Å². The average molecular weight is 285 g/mol. The Kier molecular flexibility index (Phi) is 7.06. The van der Waals surface area contributed by atoms with E-state index >= 15 is 0 Å². The van der Waals surface area contributed by atoms with Crippen molar-refractivity contribution in [2.75, 3.05) is 20.2 Å². The Morgan fingerprint density at radius 2 is 2.32 bits per heavy atom. The molecule has 1 amide bonds. The lowest BCUT2D eigenvalue weighted by Crippen LogP contribution is -2.26. The zero-order valence-corrected chi connectivity index (χ0v) is 11.8. The molecule has 0 radical (unpaired) electrons. The highest BCUT2D eigenvalue weighted by Gasteiger charge is 2.07. The molecule has 0 aliphatic rings. The minimum absolute atomic E-state index is 0.0885. The van der Waals surface area contributed by atoms with E-state index < -0.39 is 0 Å². The zero-order chi connectivity index (χ0) is 14.1. The largest absolute Gasteiger partial charge is 0.469 e. The van der Waals surface area contributed by atoms with Crippen molar-refractivity contribution in [2.24, 2.45) is 5.73 Å². The minimum Gasteiger partial charge on any atom is -0.469 e. The molecule has 19 heavy (non-hydrogen) atoms. The number of thiazole rings is 1. The summed E-state index contributed by atoms with van der Waals surface area (Å²) < 4.78 is 4.51. The second-order valence-corrected chi connectivity index (χ2v) is 4.92. The summed E-state index contributed by atoms with van der Waals surface area (Å²) in [5.41, 5.74) is 6.20. The number of hydrogen-bond acceptors (Lipinski definition) is 6. The first kappa shape index (κ1) is 15.6. The predicted molar refractivity (Wildman–Crippen MR) is 72.8 cm³/mol. The van der Waals surface area contributed by atoms with Crippen molar-refractivity contribution in [3.05, 3.63) is 16.1 Å². The molecule has 106 valence electrons. The average Bonchev–Trinajstić information content (AvgIpc) is 2.82. The summed E-state index contributed by atoms with van der Waals surface area (Å²) in [5.74, 6) is -0.352. The molecule has 3 N–H and O–H groups in total. The van der Waals surface area contributed by atoms with Crippen LogP contribution in [-0.2, 0) is 27.2 Å². The second-order valence-electron chi connectivity index (χ2n) is 3.98. The number of rotatable bonds is 8. The number of ether oxygens (including phenoxy) is 1. The molecule has 1 heterocycles. The molecule has 0 saturated carbocycles. The van der Waals surface area contributed by atoms with E-state index in [2.05, 4.69) is 15.0 Å². The summed E-state index contributed by atoms with van der Waals surface area (Å²) in [5, 5.41) is 5.57. The lowest BCUT2D eigenvalue weighted by Gasteiger charge is -2.03. The van der Waals surface area contributed by atoms with Crippen LogP contribution in [0.2, 0.25) is 0 Å². The highest BCUT2D eigenvalue weighted by atomic mass is 32.1. The number of hydrogen-bond donors (Lipinski definition) is 2. The maximum Gasteiger partial charge on any atom is 0.305 e. The van der Waals surface area contributed by atoms with Gasteiger partial charge in [-0.1, -0.05) is 0 Å². The van der Waals surface area contributed by atoms with Gasteiger partial charge >= 0.3 is 5.97 Å². The van der Waals surface area contributed by atoms with E-state index in [1.807, 2.05) is 5.38 Å². The van der Waals surface area contributed by atoms with Gasteiger partial charge in [0, 0.05) is 24.8 Å². The molecule has 0 unspecified atom stereocenters. The smallest absolute Gasteiger partial charge is 0.305 e. The van der Waals surface area contributed by atoms with Gasteiger partial charge in [0.15, 0.2) is 0 Å². The topological polar surface area (TPSA) is 94.3 Å². The molecule has 1 aromatic heterocycles. The SMILES string of the molecule is COC(=O)CCCNC(=O)Cc1csc(CCN)n1. The molecule has 1 rings (SSSR count). The highest BCUT2D eigenvalue weighted by molar-refractivity contribution is 7.09. The van der Waals surface area contributed by atoms with Crippen LogP contribution in [0.1, 0.15) is 23.5 Å². The van der Waals surface area contributed by atoms with Crippen LogP contribution in [0, 0.1) is 0 Å². The van der Waals surface area contributed by atoms with Crippen LogP contribution in [0.3, 0.4) is 0 Å². The van der Waals surface area contributed by atoms with Crippen LogP contribution in [-0.4, -0.2) is 37.1 Å². The predicted octanol–water partition coefficient (Wildman–Crippen LogP) is 0.256. The van der Waals surface area contributed by atoms with Gasteiger partial charge in [0.05, 0.1) is 24.2 Å². The summed E-state index contributed by atoms with van der Waals surface area (Å²) in [6.07, 6.45) is 1.90. The minimum atomic E-state index is -0.264. The summed E-state index contributed by atoms with van der Waals surface area (Å²) in [6.45, 7) is 1.03. The van der Waals surface area contributed by atoms with Crippen molar-refractivity contribution in [1.82, 2.24) is 10.3 Å². The normalized spacial score (nSPS) is 10.2. The molecule has 0 saturated heterocycles. The Hall–Kier alpha value is -1.47. The van der Waals surface area contributed by atoms with Gasteiger partial charge in [0.25, 0.3) is 0 Å². The third-order valence-electron chi connectivity index (χ3n) is 2.41. The van der Waals surface area contributed by atoms with Gasteiger partial charge in [-0.15, -0.1) is 11.3 Å². The van der Waals surface area contributed by atoms with Crippen LogP contribution in [0.15, 0.2) is 5.38 Å². The number of aromatic nitrogens is 1. The van der Waals surface area contributed by atoms with Crippen molar-refractivity contribution in [3.8, 4) is 0 Å². The molecule has 0 fully saturated rings.